The molecule has 3 heteroatoms. The number of hydrogen-bond donors (Lipinski definition) is 1. The first-order valence-electron chi connectivity index (χ1n) is 7.42. The zero-order valence-electron chi connectivity index (χ0n) is 11.3. The van der Waals surface area contributed by atoms with Gasteiger partial charge >= 0.3 is 0 Å². The Balaban J connectivity index is 1.72. The summed E-state index contributed by atoms with van der Waals surface area (Å²) in [4.78, 5) is 4.39. The van der Waals surface area contributed by atoms with Crippen molar-refractivity contribution in [2.45, 2.75) is 51.1 Å². The molecule has 2 nitrogen and oxygen atoms in total. The van der Waals surface area contributed by atoms with Gasteiger partial charge in [-0.3, -0.25) is 4.90 Å². The third-order valence-corrected chi connectivity index (χ3v) is 5.38. The summed E-state index contributed by atoms with van der Waals surface area (Å²) in [6, 6.07) is 3.80. The van der Waals surface area contributed by atoms with Gasteiger partial charge in [-0.2, -0.15) is 0 Å². The number of nitrogens with zero attached hydrogens (tertiary/aromatic N) is 1. The minimum absolute atomic E-state index is 0.710. The molecule has 1 fully saturated rings. The molecule has 2 atom stereocenters. The number of piperazine rings is 1. The van der Waals surface area contributed by atoms with E-state index >= 15 is 0 Å². The summed E-state index contributed by atoms with van der Waals surface area (Å²) in [6.45, 7) is 5.92. The predicted octanol–water partition coefficient (Wildman–Crippen LogP) is 3.20. The first kappa shape index (κ1) is 12.6. The van der Waals surface area contributed by atoms with Crippen LogP contribution in [0, 0.1) is 0 Å². The van der Waals surface area contributed by atoms with Gasteiger partial charge in [0.15, 0.2) is 0 Å². The Morgan fingerprint density at radius 1 is 1.50 bits per heavy atom. The van der Waals surface area contributed by atoms with Crippen molar-refractivity contribution in [3.8, 4) is 0 Å². The average Bonchev–Trinajstić information content (AvgIpc) is 2.87. The second kappa shape index (κ2) is 5.72. The van der Waals surface area contributed by atoms with Gasteiger partial charge in [0.25, 0.3) is 0 Å². The van der Waals surface area contributed by atoms with Crippen LogP contribution in [0.1, 0.15) is 49.1 Å². The first-order valence-corrected chi connectivity index (χ1v) is 8.30. The fourth-order valence-electron chi connectivity index (χ4n) is 3.52. The van der Waals surface area contributed by atoms with Crippen LogP contribution >= 0.6 is 11.3 Å². The van der Waals surface area contributed by atoms with E-state index in [1.807, 2.05) is 11.3 Å². The maximum absolute atomic E-state index is 3.67. The van der Waals surface area contributed by atoms with E-state index in [2.05, 4.69) is 28.6 Å². The van der Waals surface area contributed by atoms with Crippen molar-refractivity contribution >= 4 is 11.3 Å². The molecule has 0 aromatic carbocycles. The van der Waals surface area contributed by atoms with E-state index < -0.39 is 0 Å². The summed E-state index contributed by atoms with van der Waals surface area (Å²) in [7, 11) is 0. The highest BCUT2D eigenvalue weighted by molar-refractivity contribution is 7.10. The van der Waals surface area contributed by atoms with Gasteiger partial charge in [-0.1, -0.05) is 13.3 Å². The third kappa shape index (κ3) is 2.49. The maximum atomic E-state index is 3.67. The lowest BCUT2D eigenvalue weighted by Gasteiger charge is -2.40. The van der Waals surface area contributed by atoms with E-state index in [9.17, 15) is 0 Å². The van der Waals surface area contributed by atoms with Gasteiger partial charge in [-0.25, -0.2) is 0 Å². The summed E-state index contributed by atoms with van der Waals surface area (Å²) < 4.78 is 0. The molecule has 1 aliphatic heterocycles. The summed E-state index contributed by atoms with van der Waals surface area (Å²) >= 11 is 1.96. The van der Waals surface area contributed by atoms with Crippen LogP contribution in [0.25, 0.3) is 0 Å². The van der Waals surface area contributed by atoms with Crippen molar-refractivity contribution in [1.82, 2.24) is 10.2 Å². The summed E-state index contributed by atoms with van der Waals surface area (Å²) in [6.07, 6.45) is 6.66. The average molecular weight is 264 g/mol. The zero-order valence-corrected chi connectivity index (χ0v) is 12.1. The number of fused-ring (bicyclic) bond motifs is 1. The van der Waals surface area contributed by atoms with E-state index in [1.54, 1.807) is 10.4 Å². The Labute approximate surface area is 114 Å². The molecule has 1 aromatic heterocycles. The Morgan fingerprint density at radius 2 is 2.44 bits per heavy atom. The fraction of sp³-hybridized carbons (Fsp3) is 0.733. The molecule has 100 valence electrons. The Morgan fingerprint density at radius 3 is 3.33 bits per heavy atom. The number of rotatable bonds is 3. The van der Waals surface area contributed by atoms with Gasteiger partial charge in [0.1, 0.15) is 0 Å². The molecule has 3 rings (SSSR count). The molecule has 1 saturated heterocycles. The van der Waals surface area contributed by atoms with Crippen molar-refractivity contribution in [2.24, 2.45) is 0 Å². The monoisotopic (exact) mass is 264 g/mol. The van der Waals surface area contributed by atoms with Crippen LogP contribution in [-0.2, 0) is 6.42 Å². The molecule has 0 radical (unpaired) electrons. The van der Waals surface area contributed by atoms with Gasteiger partial charge in [-0.05, 0) is 42.7 Å². The van der Waals surface area contributed by atoms with Crippen molar-refractivity contribution in [3.05, 3.63) is 21.9 Å². The van der Waals surface area contributed by atoms with Gasteiger partial charge in [0, 0.05) is 36.6 Å². The normalized spacial score (nSPS) is 29.2. The molecule has 2 aliphatic rings. The SMILES string of the molecule is CCCC1CN(C2CCCc3sccc32)CCN1. The van der Waals surface area contributed by atoms with Crippen molar-refractivity contribution in [1.29, 1.82) is 0 Å². The lowest BCUT2D eigenvalue weighted by atomic mass is 9.91. The topological polar surface area (TPSA) is 15.3 Å². The van der Waals surface area contributed by atoms with Crippen molar-refractivity contribution < 1.29 is 0 Å². The second-order valence-corrected chi connectivity index (χ2v) is 6.64. The fourth-order valence-corrected chi connectivity index (χ4v) is 4.50. The molecule has 1 N–H and O–H groups in total. The number of hydrogen-bond acceptors (Lipinski definition) is 3. The first-order chi connectivity index (χ1) is 8.88. The van der Waals surface area contributed by atoms with Gasteiger partial charge in [0.2, 0.25) is 0 Å². The van der Waals surface area contributed by atoms with E-state index in [-0.39, 0.29) is 0 Å². The van der Waals surface area contributed by atoms with Gasteiger partial charge < -0.3 is 5.32 Å². The minimum Gasteiger partial charge on any atom is -0.311 e. The van der Waals surface area contributed by atoms with Crippen LogP contribution in [0.2, 0.25) is 0 Å². The van der Waals surface area contributed by atoms with Crippen LogP contribution in [-0.4, -0.2) is 30.6 Å². The predicted molar refractivity (Wildman–Crippen MR) is 78.3 cm³/mol. The summed E-state index contributed by atoms with van der Waals surface area (Å²) in [5, 5.41) is 5.95. The quantitative estimate of drug-likeness (QED) is 0.902. The van der Waals surface area contributed by atoms with Crippen LogP contribution in [0.5, 0.6) is 0 Å². The maximum Gasteiger partial charge on any atom is 0.0360 e. The molecule has 0 saturated carbocycles. The Kier molecular flexibility index (Phi) is 4.02. The number of nitrogens with one attached hydrogen (secondary N) is 1. The van der Waals surface area contributed by atoms with E-state index in [0.717, 1.165) is 0 Å². The Hall–Kier alpha value is -0.380. The molecule has 2 unspecified atom stereocenters. The van der Waals surface area contributed by atoms with Gasteiger partial charge in [0.05, 0.1) is 0 Å². The molecule has 1 aliphatic carbocycles. The highest BCUT2D eigenvalue weighted by Crippen LogP contribution is 2.37. The molecule has 0 bridgehead atoms. The molecule has 2 heterocycles. The molecular weight excluding hydrogens is 240 g/mol. The van der Waals surface area contributed by atoms with Crippen LogP contribution < -0.4 is 5.32 Å². The molecule has 0 spiro atoms. The Bertz CT molecular complexity index is 386. The zero-order chi connectivity index (χ0) is 12.4. The lowest BCUT2D eigenvalue weighted by Crippen LogP contribution is -2.51. The molecular formula is C15H24N2S. The number of thiophene rings is 1. The number of aryl methyl sites for hydroxylation is 1. The molecule has 0 amide bonds. The van der Waals surface area contributed by atoms with Crippen molar-refractivity contribution in [3.63, 3.8) is 0 Å². The van der Waals surface area contributed by atoms with E-state index in [1.165, 1.54) is 51.7 Å². The standard InChI is InChI=1S/C15H24N2S/c1-2-4-12-11-17(9-8-16-12)14-5-3-6-15-13(14)7-10-18-15/h7,10,12,14,16H,2-6,8-9,11H2,1H3. The lowest BCUT2D eigenvalue weighted by molar-refractivity contribution is 0.128. The summed E-state index contributed by atoms with van der Waals surface area (Å²) in [5.74, 6) is 0. The smallest absolute Gasteiger partial charge is 0.0360 e. The largest absolute Gasteiger partial charge is 0.311 e. The van der Waals surface area contributed by atoms with Crippen LogP contribution in [0.3, 0.4) is 0 Å². The van der Waals surface area contributed by atoms with E-state index in [4.69, 9.17) is 0 Å². The van der Waals surface area contributed by atoms with Crippen LogP contribution in [0.4, 0.5) is 0 Å². The highest BCUT2D eigenvalue weighted by Gasteiger charge is 2.29. The van der Waals surface area contributed by atoms with Crippen LogP contribution in [0.15, 0.2) is 11.4 Å². The van der Waals surface area contributed by atoms with Gasteiger partial charge in [-0.15, -0.1) is 11.3 Å². The second-order valence-electron chi connectivity index (χ2n) is 5.64. The molecule has 1 aromatic rings. The van der Waals surface area contributed by atoms with Crippen molar-refractivity contribution in [2.75, 3.05) is 19.6 Å². The summed E-state index contributed by atoms with van der Waals surface area (Å²) in [5.41, 5.74) is 1.64. The van der Waals surface area contributed by atoms with E-state index in [0.29, 0.717) is 12.1 Å². The highest BCUT2D eigenvalue weighted by atomic mass is 32.1. The third-order valence-electron chi connectivity index (χ3n) is 4.39. The molecule has 18 heavy (non-hydrogen) atoms. The minimum atomic E-state index is 0.710.